The summed E-state index contributed by atoms with van der Waals surface area (Å²) in [5, 5.41) is 4.69. The first-order valence-electron chi connectivity index (χ1n) is 6.48. The van der Waals surface area contributed by atoms with E-state index >= 15 is 0 Å². The standard InChI is InChI=1S/C15H22N2O/c1-15(2,7-8-16)11-17-9-12-10-18-14-6-4-3-5-13(12)14/h3-6,10,17H,7-9,11,16H2,1-2H3. The molecular weight excluding hydrogens is 224 g/mol. The maximum Gasteiger partial charge on any atom is 0.134 e. The molecule has 0 radical (unpaired) electrons. The Hall–Kier alpha value is -1.32. The zero-order chi connectivity index (χ0) is 13.0. The summed E-state index contributed by atoms with van der Waals surface area (Å²) < 4.78 is 5.52. The summed E-state index contributed by atoms with van der Waals surface area (Å²) in [5.74, 6) is 0. The van der Waals surface area contributed by atoms with E-state index < -0.39 is 0 Å². The van der Waals surface area contributed by atoms with Crippen molar-refractivity contribution in [3.05, 3.63) is 36.1 Å². The number of nitrogens with two attached hydrogens (primary N) is 1. The highest BCUT2D eigenvalue weighted by molar-refractivity contribution is 5.80. The average Bonchev–Trinajstić information content (AvgIpc) is 2.73. The Morgan fingerprint density at radius 1 is 1.28 bits per heavy atom. The van der Waals surface area contributed by atoms with Gasteiger partial charge in [-0.05, 0) is 24.4 Å². The van der Waals surface area contributed by atoms with Crippen LogP contribution in [0.3, 0.4) is 0 Å². The molecule has 98 valence electrons. The molecule has 1 aromatic carbocycles. The molecule has 0 atom stereocenters. The van der Waals surface area contributed by atoms with Crippen LogP contribution in [0.2, 0.25) is 0 Å². The molecule has 1 aromatic heterocycles. The minimum atomic E-state index is 0.244. The topological polar surface area (TPSA) is 51.2 Å². The van der Waals surface area contributed by atoms with E-state index in [1.165, 1.54) is 10.9 Å². The van der Waals surface area contributed by atoms with Crippen LogP contribution in [-0.2, 0) is 6.54 Å². The molecule has 0 bridgehead atoms. The van der Waals surface area contributed by atoms with E-state index in [2.05, 4.69) is 25.2 Å². The SMILES string of the molecule is CC(C)(CCN)CNCc1coc2ccccc12. The first-order chi connectivity index (χ1) is 8.62. The highest BCUT2D eigenvalue weighted by Crippen LogP contribution is 2.21. The van der Waals surface area contributed by atoms with Crippen molar-refractivity contribution in [2.24, 2.45) is 11.1 Å². The van der Waals surface area contributed by atoms with Gasteiger partial charge in [-0.25, -0.2) is 0 Å². The van der Waals surface area contributed by atoms with Crippen LogP contribution in [0.15, 0.2) is 34.9 Å². The lowest BCUT2D eigenvalue weighted by Crippen LogP contribution is -2.30. The molecule has 0 unspecified atom stereocenters. The quantitative estimate of drug-likeness (QED) is 0.824. The van der Waals surface area contributed by atoms with Gasteiger partial charge in [-0.2, -0.15) is 0 Å². The van der Waals surface area contributed by atoms with Gasteiger partial charge >= 0.3 is 0 Å². The Kier molecular flexibility index (Phi) is 4.04. The van der Waals surface area contributed by atoms with Gasteiger partial charge in [0, 0.05) is 24.0 Å². The van der Waals surface area contributed by atoms with E-state index in [-0.39, 0.29) is 5.41 Å². The number of hydrogen-bond donors (Lipinski definition) is 2. The van der Waals surface area contributed by atoms with Crippen molar-refractivity contribution in [3.8, 4) is 0 Å². The van der Waals surface area contributed by atoms with Crippen LogP contribution < -0.4 is 11.1 Å². The van der Waals surface area contributed by atoms with Crippen molar-refractivity contribution in [3.63, 3.8) is 0 Å². The van der Waals surface area contributed by atoms with Crippen molar-refractivity contribution >= 4 is 11.0 Å². The smallest absolute Gasteiger partial charge is 0.134 e. The molecule has 0 fully saturated rings. The number of para-hydroxylation sites is 1. The number of rotatable bonds is 6. The van der Waals surface area contributed by atoms with Gasteiger partial charge in [0.05, 0.1) is 6.26 Å². The fraction of sp³-hybridized carbons (Fsp3) is 0.467. The fourth-order valence-electron chi connectivity index (χ4n) is 2.18. The highest BCUT2D eigenvalue weighted by Gasteiger charge is 2.16. The largest absolute Gasteiger partial charge is 0.464 e. The Labute approximate surface area is 108 Å². The summed E-state index contributed by atoms with van der Waals surface area (Å²) >= 11 is 0. The van der Waals surface area contributed by atoms with E-state index in [1.807, 2.05) is 24.5 Å². The number of hydrogen-bond acceptors (Lipinski definition) is 3. The van der Waals surface area contributed by atoms with E-state index in [4.69, 9.17) is 10.2 Å². The van der Waals surface area contributed by atoms with Crippen LogP contribution in [0, 0.1) is 5.41 Å². The minimum Gasteiger partial charge on any atom is -0.464 e. The number of fused-ring (bicyclic) bond motifs is 1. The highest BCUT2D eigenvalue weighted by atomic mass is 16.3. The number of benzene rings is 1. The van der Waals surface area contributed by atoms with Gasteiger partial charge in [0.25, 0.3) is 0 Å². The maximum absolute atomic E-state index is 5.61. The van der Waals surface area contributed by atoms with E-state index in [9.17, 15) is 0 Å². The predicted octanol–water partition coefficient (Wildman–Crippen LogP) is 2.90. The fourth-order valence-corrected chi connectivity index (χ4v) is 2.18. The van der Waals surface area contributed by atoms with Gasteiger partial charge in [0.2, 0.25) is 0 Å². The molecule has 18 heavy (non-hydrogen) atoms. The molecule has 0 saturated carbocycles. The van der Waals surface area contributed by atoms with Crippen LogP contribution in [0.4, 0.5) is 0 Å². The van der Waals surface area contributed by atoms with Gasteiger partial charge in [-0.3, -0.25) is 0 Å². The predicted molar refractivity (Wildman–Crippen MR) is 75.4 cm³/mol. The molecule has 0 spiro atoms. The second-order valence-corrected chi connectivity index (χ2v) is 5.56. The van der Waals surface area contributed by atoms with Crippen molar-refractivity contribution in [2.75, 3.05) is 13.1 Å². The molecule has 2 rings (SSSR count). The Morgan fingerprint density at radius 2 is 2.06 bits per heavy atom. The Balaban J connectivity index is 1.94. The molecule has 0 amide bonds. The summed E-state index contributed by atoms with van der Waals surface area (Å²) in [6.45, 7) is 7.01. The zero-order valence-electron chi connectivity index (χ0n) is 11.2. The second-order valence-electron chi connectivity index (χ2n) is 5.56. The molecule has 3 nitrogen and oxygen atoms in total. The Morgan fingerprint density at radius 3 is 2.83 bits per heavy atom. The molecule has 3 heteroatoms. The molecular formula is C15H22N2O. The van der Waals surface area contributed by atoms with Crippen LogP contribution in [0.1, 0.15) is 25.8 Å². The summed E-state index contributed by atoms with van der Waals surface area (Å²) in [7, 11) is 0. The molecule has 0 aliphatic carbocycles. The van der Waals surface area contributed by atoms with Crippen molar-refractivity contribution in [1.82, 2.24) is 5.32 Å². The molecule has 3 N–H and O–H groups in total. The number of furan rings is 1. The van der Waals surface area contributed by atoms with Crippen molar-refractivity contribution in [2.45, 2.75) is 26.8 Å². The van der Waals surface area contributed by atoms with E-state index in [0.29, 0.717) is 0 Å². The van der Waals surface area contributed by atoms with Gasteiger partial charge in [-0.15, -0.1) is 0 Å². The third-order valence-electron chi connectivity index (χ3n) is 3.30. The first kappa shape index (κ1) is 13.1. The number of nitrogens with one attached hydrogen (secondary N) is 1. The molecule has 1 heterocycles. The lowest BCUT2D eigenvalue weighted by Gasteiger charge is -2.24. The second kappa shape index (κ2) is 5.55. The molecule has 0 aliphatic heterocycles. The summed E-state index contributed by atoms with van der Waals surface area (Å²) in [6, 6.07) is 8.13. The van der Waals surface area contributed by atoms with Crippen LogP contribution in [-0.4, -0.2) is 13.1 Å². The molecule has 0 saturated heterocycles. The van der Waals surface area contributed by atoms with E-state index in [0.717, 1.165) is 31.6 Å². The third-order valence-corrected chi connectivity index (χ3v) is 3.30. The molecule has 0 aliphatic rings. The van der Waals surface area contributed by atoms with Gasteiger partial charge in [0.1, 0.15) is 5.58 Å². The van der Waals surface area contributed by atoms with E-state index in [1.54, 1.807) is 0 Å². The van der Waals surface area contributed by atoms with Gasteiger partial charge < -0.3 is 15.5 Å². The average molecular weight is 246 g/mol. The summed E-state index contributed by atoms with van der Waals surface area (Å²) in [6.07, 6.45) is 2.87. The van der Waals surface area contributed by atoms with Crippen molar-refractivity contribution in [1.29, 1.82) is 0 Å². The van der Waals surface area contributed by atoms with Gasteiger partial charge in [-0.1, -0.05) is 32.0 Å². The lowest BCUT2D eigenvalue weighted by molar-refractivity contribution is 0.319. The summed E-state index contributed by atoms with van der Waals surface area (Å²) in [4.78, 5) is 0. The normalized spacial score (nSPS) is 12.2. The van der Waals surface area contributed by atoms with Crippen molar-refractivity contribution < 1.29 is 4.42 Å². The van der Waals surface area contributed by atoms with Gasteiger partial charge in [0.15, 0.2) is 0 Å². The maximum atomic E-state index is 5.61. The molecule has 2 aromatic rings. The Bertz CT molecular complexity index is 502. The lowest BCUT2D eigenvalue weighted by atomic mass is 9.89. The monoisotopic (exact) mass is 246 g/mol. The summed E-state index contributed by atoms with van der Waals surface area (Å²) in [5.41, 5.74) is 8.03. The van der Waals surface area contributed by atoms with Crippen LogP contribution in [0.25, 0.3) is 11.0 Å². The van der Waals surface area contributed by atoms with Crippen LogP contribution in [0.5, 0.6) is 0 Å². The van der Waals surface area contributed by atoms with Crippen LogP contribution >= 0.6 is 0 Å². The third kappa shape index (κ3) is 3.12. The minimum absolute atomic E-state index is 0.244. The first-order valence-corrected chi connectivity index (χ1v) is 6.48. The zero-order valence-corrected chi connectivity index (χ0v) is 11.2.